The smallest absolute Gasteiger partial charge is 0.0463 e. The summed E-state index contributed by atoms with van der Waals surface area (Å²) in [4.78, 5) is 4.61. The Morgan fingerprint density at radius 2 is 1.78 bits per heavy atom. The molecule has 0 saturated carbocycles. The molecule has 1 atom stereocenters. The highest BCUT2D eigenvalue weighted by molar-refractivity contribution is 5.21. The molecule has 0 spiro atoms. The summed E-state index contributed by atoms with van der Waals surface area (Å²) in [5, 5.41) is 0. The van der Waals surface area contributed by atoms with E-state index >= 15 is 0 Å². The van der Waals surface area contributed by atoms with Gasteiger partial charge in [-0.3, -0.25) is 4.98 Å². The van der Waals surface area contributed by atoms with E-state index in [1.807, 2.05) is 12.3 Å². The first-order chi connectivity index (χ1) is 8.79. The molecule has 18 heavy (non-hydrogen) atoms. The zero-order valence-corrected chi connectivity index (χ0v) is 12.4. The molecule has 102 valence electrons. The van der Waals surface area contributed by atoms with Crippen molar-refractivity contribution in [2.45, 2.75) is 78.1 Å². The molecule has 0 radical (unpaired) electrons. The third-order valence-corrected chi connectivity index (χ3v) is 3.73. The molecule has 0 aromatic carbocycles. The van der Waals surface area contributed by atoms with E-state index < -0.39 is 0 Å². The van der Waals surface area contributed by atoms with Crippen LogP contribution in [0.3, 0.4) is 0 Å². The molecule has 1 rings (SSSR count). The Bertz CT molecular complexity index is 319. The van der Waals surface area contributed by atoms with E-state index in [2.05, 4.69) is 31.8 Å². The van der Waals surface area contributed by atoms with E-state index in [1.165, 1.54) is 62.6 Å². The SMILES string of the molecule is CCCCCCCC(CCC)c1ncccc1C. The van der Waals surface area contributed by atoms with Gasteiger partial charge in [0.1, 0.15) is 0 Å². The molecule has 1 heteroatoms. The summed E-state index contributed by atoms with van der Waals surface area (Å²) < 4.78 is 0. The summed E-state index contributed by atoms with van der Waals surface area (Å²) in [7, 11) is 0. The average Bonchev–Trinajstić information content (AvgIpc) is 2.38. The van der Waals surface area contributed by atoms with Crippen LogP contribution in [0, 0.1) is 6.92 Å². The van der Waals surface area contributed by atoms with Gasteiger partial charge in [-0.05, 0) is 31.4 Å². The van der Waals surface area contributed by atoms with Crippen LogP contribution in [-0.2, 0) is 0 Å². The van der Waals surface area contributed by atoms with Crippen LogP contribution in [0.25, 0.3) is 0 Å². The Labute approximate surface area is 113 Å². The number of pyridine rings is 1. The van der Waals surface area contributed by atoms with Crippen LogP contribution in [0.1, 0.15) is 82.4 Å². The molecule has 0 amide bonds. The molecule has 0 N–H and O–H groups in total. The minimum absolute atomic E-state index is 0.679. The average molecular weight is 247 g/mol. The second kappa shape index (κ2) is 9.13. The second-order valence-electron chi connectivity index (χ2n) is 5.39. The molecule has 1 nitrogen and oxygen atoms in total. The normalized spacial score (nSPS) is 12.6. The van der Waals surface area contributed by atoms with E-state index in [0.717, 1.165) is 0 Å². The molecule has 0 aliphatic carbocycles. The summed E-state index contributed by atoms with van der Waals surface area (Å²) in [6.07, 6.45) is 12.7. The lowest BCUT2D eigenvalue weighted by atomic mass is 9.90. The van der Waals surface area contributed by atoms with Crippen LogP contribution >= 0.6 is 0 Å². The highest BCUT2D eigenvalue weighted by Crippen LogP contribution is 2.28. The minimum Gasteiger partial charge on any atom is -0.261 e. The van der Waals surface area contributed by atoms with Crippen molar-refractivity contribution in [1.82, 2.24) is 4.98 Å². The number of rotatable bonds is 9. The Kier molecular flexibility index (Phi) is 7.71. The van der Waals surface area contributed by atoms with Gasteiger partial charge in [0, 0.05) is 17.8 Å². The zero-order chi connectivity index (χ0) is 13.2. The largest absolute Gasteiger partial charge is 0.261 e. The van der Waals surface area contributed by atoms with Gasteiger partial charge in [0.25, 0.3) is 0 Å². The van der Waals surface area contributed by atoms with Crippen molar-refractivity contribution in [3.63, 3.8) is 0 Å². The van der Waals surface area contributed by atoms with Crippen molar-refractivity contribution in [2.75, 3.05) is 0 Å². The summed E-state index contributed by atoms with van der Waals surface area (Å²) >= 11 is 0. The molecule has 1 heterocycles. The maximum atomic E-state index is 4.61. The topological polar surface area (TPSA) is 12.9 Å². The molecular formula is C17H29N. The third-order valence-electron chi connectivity index (χ3n) is 3.73. The molecule has 1 aromatic heterocycles. The van der Waals surface area contributed by atoms with Gasteiger partial charge in [-0.1, -0.05) is 58.4 Å². The lowest BCUT2D eigenvalue weighted by molar-refractivity contribution is 0.506. The van der Waals surface area contributed by atoms with Crippen LogP contribution in [0.15, 0.2) is 18.3 Å². The lowest BCUT2D eigenvalue weighted by Crippen LogP contribution is -2.04. The Hall–Kier alpha value is -0.850. The van der Waals surface area contributed by atoms with Crippen molar-refractivity contribution in [2.24, 2.45) is 0 Å². The Balaban J connectivity index is 2.47. The summed E-state index contributed by atoms with van der Waals surface area (Å²) in [5.41, 5.74) is 2.71. The number of unbranched alkanes of at least 4 members (excludes halogenated alkanes) is 4. The first-order valence-electron chi connectivity index (χ1n) is 7.71. The van der Waals surface area contributed by atoms with E-state index in [0.29, 0.717) is 5.92 Å². The quantitative estimate of drug-likeness (QED) is 0.515. The van der Waals surface area contributed by atoms with E-state index in [1.54, 1.807) is 0 Å². The predicted octanol–water partition coefficient (Wildman–Crippen LogP) is 5.63. The molecule has 0 fully saturated rings. The molecule has 0 saturated heterocycles. The molecular weight excluding hydrogens is 218 g/mol. The van der Waals surface area contributed by atoms with Gasteiger partial charge in [-0.15, -0.1) is 0 Å². The van der Waals surface area contributed by atoms with Crippen LogP contribution in [0.5, 0.6) is 0 Å². The fraction of sp³-hybridized carbons (Fsp3) is 0.706. The van der Waals surface area contributed by atoms with Gasteiger partial charge in [0.2, 0.25) is 0 Å². The highest BCUT2D eigenvalue weighted by atomic mass is 14.7. The molecule has 0 bridgehead atoms. The van der Waals surface area contributed by atoms with E-state index in [9.17, 15) is 0 Å². The summed E-state index contributed by atoms with van der Waals surface area (Å²) in [5.74, 6) is 0.679. The first-order valence-corrected chi connectivity index (χ1v) is 7.71. The maximum Gasteiger partial charge on any atom is 0.0463 e. The fourth-order valence-electron chi connectivity index (χ4n) is 2.69. The van der Waals surface area contributed by atoms with Crippen molar-refractivity contribution >= 4 is 0 Å². The predicted molar refractivity (Wildman–Crippen MR) is 80.0 cm³/mol. The van der Waals surface area contributed by atoms with Gasteiger partial charge >= 0.3 is 0 Å². The first kappa shape index (κ1) is 15.2. The highest BCUT2D eigenvalue weighted by Gasteiger charge is 2.13. The van der Waals surface area contributed by atoms with E-state index in [4.69, 9.17) is 0 Å². The van der Waals surface area contributed by atoms with Crippen molar-refractivity contribution in [1.29, 1.82) is 0 Å². The zero-order valence-electron chi connectivity index (χ0n) is 12.4. The Morgan fingerprint density at radius 3 is 2.44 bits per heavy atom. The number of aromatic nitrogens is 1. The molecule has 1 unspecified atom stereocenters. The fourth-order valence-corrected chi connectivity index (χ4v) is 2.69. The van der Waals surface area contributed by atoms with Gasteiger partial charge < -0.3 is 0 Å². The number of aryl methyl sites for hydroxylation is 1. The Morgan fingerprint density at radius 1 is 1.00 bits per heavy atom. The van der Waals surface area contributed by atoms with Crippen LogP contribution < -0.4 is 0 Å². The van der Waals surface area contributed by atoms with Crippen LogP contribution in [-0.4, -0.2) is 4.98 Å². The van der Waals surface area contributed by atoms with E-state index in [-0.39, 0.29) is 0 Å². The monoisotopic (exact) mass is 247 g/mol. The van der Waals surface area contributed by atoms with Crippen molar-refractivity contribution in [3.05, 3.63) is 29.6 Å². The lowest BCUT2D eigenvalue weighted by Gasteiger charge is -2.17. The molecule has 1 aromatic rings. The summed E-state index contributed by atoms with van der Waals surface area (Å²) in [6.45, 7) is 6.75. The number of nitrogens with zero attached hydrogens (tertiary/aromatic N) is 1. The summed E-state index contributed by atoms with van der Waals surface area (Å²) in [6, 6.07) is 4.24. The van der Waals surface area contributed by atoms with Gasteiger partial charge in [0.15, 0.2) is 0 Å². The molecule has 0 aliphatic rings. The number of hydrogen-bond donors (Lipinski definition) is 0. The minimum atomic E-state index is 0.679. The van der Waals surface area contributed by atoms with Crippen molar-refractivity contribution < 1.29 is 0 Å². The van der Waals surface area contributed by atoms with Gasteiger partial charge in [0.05, 0.1) is 0 Å². The number of hydrogen-bond acceptors (Lipinski definition) is 1. The molecule has 0 aliphatic heterocycles. The van der Waals surface area contributed by atoms with Crippen LogP contribution in [0.2, 0.25) is 0 Å². The maximum absolute atomic E-state index is 4.61. The van der Waals surface area contributed by atoms with Gasteiger partial charge in [-0.25, -0.2) is 0 Å². The third kappa shape index (κ3) is 5.20. The van der Waals surface area contributed by atoms with Crippen molar-refractivity contribution in [3.8, 4) is 0 Å². The van der Waals surface area contributed by atoms with Gasteiger partial charge in [-0.2, -0.15) is 0 Å². The second-order valence-corrected chi connectivity index (χ2v) is 5.39. The standard InChI is InChI=1S/C17H29N/c1-4-6-7-8-9-13-16(11-5-2)17-15(3)12-10-14-18-17/h10,12,14,16H,4-9,11,13H2,1-3H3. The van der Waals surface area contributed by atoms with Crippen LogP contribution in [0.4, 0.5) is 0 Å².